The van der Waals surface area contributed by atoms with Crippen LogP contribution < -0.4 is 10.6 Å². The van der Waals surface area contributed by atoms with Crippen molar-refractivity contribution in [1.29, 1.82) is 0 Å². The lowest BCUT2D eigenvalue weighted by atomic mass is 10.0. The second-order valence-electron chi connectivity index (χ2n) is 5.23. The quantitative estimate of drug-likeness (QED) is 0.758. The predicted octanol–water partition coefficient (Wildman–Crippen LogP) is 2.26. The van der Waals surface area contributed by atoms with Crippen molar-refractivity contribution in [1.82, 2.24) is 10.6 Å². The summed E-state index contributed by atoms with van der Waals surface area (Å²) in [5.41, 5.74) is 4.04. The Kier molecular flexibility index (Phi) is 7.63. The molecule has 1 aromatic carbocycles. The SMILES string of the molecule is CCCNCCNC(=O)Cc1ccc2c(c1)CCC2.Cl. The lowest BCUT2D eigenvalue weighted by Crippen LogP contribution is -2.33. The molecule has 112 valence electrons. The minimum atomic E-state index is 0. The minimum absolute atomic E-state index is 0. The fourth-order valence-corrected chi connectivity index (χ4v) is 2.58. The highest BCUT2D eigenvalue weighted by atomic mass is 35.5. The number of nitrogens with one attached hydrogen (secondary N) is 2. The van der Waals surface area contributed by atoms with Crippen LogP contribution in [0.4, 0.5) is 0 Å². The van der Waals surface area contributed by atoms with E-state index in [4.69, 9.17) is 0 Å². The number of carbonyl (C=O) groups is 1. The molecule has 1 aliphatic carbocycles. The van der Waals surface area contributed by atoms with Gasteiger partial charge >= 0.3 is 0 Å². The highest BCUT2D eigenvalue weighted by molar-refractivity contribution is 5.85. The number of halogens is 1. The van der Waals surface area contributed by atoms with Crippen LogP contribution in [0.5, 0.6) is 0 Å². The molecule has 0 saturated carbocycles. The molecule has 0 radical (unpaired) electrons. The molecular formula is C16H25ClN2O. The molecule has 1 aromatic rings. The highest BCUT2D eigenvalue weighted by Gasteiger charge is 2.11. The van der Waals surface area contributed by atoms with Gasteiger partial charge in [-0.3, -0.25) is 4.79 Å². The van der Waals surface area contributed by atoms with Crippen LogP contribution in [-0.4, -0.2) is 25.5 Å². The van der Waals surface area contributed by atoms with Gasteiger partial charge in [-0.2, -0.15) is 0 Å². The van der Waals surface area contributed by atoms with Gasteiger partial charge < -0.3 is 10.6 Å². The second kappa shape index (κ2) is 8.98. The van der Waals surface area contributed by atoms with E-state index < -0.39 is 0 Å². The van der Waals surface area contributed by atoms with E-state index in [0.717, 1.165) is 25.1 Å². The lowest BCUT2D eigenvalue weighted by Gasteiger charge is -2.07. The van der Waals surface area contributed by atoms with Gasteiger partial charge in [-0.05, 0) is 48.9 Å². The molecule has 0 saturated heterocycles. The number of carbonyl (C=O) groups excluding carboxylic acids is 1. The molecule has 2 rings (SSSR count). The Labute approximate surface area is 127 Å². The van der Waals surface area contributed by atoms with Crippen LogP contribution in [0.2, 0.25) is 0 Å². The summed E-state index contributed by atoms with van der Waals surface area (Å²) in [6, 6.07) is 6.49. The van der Waals surface area contributed by atoms with Gasteiger partial charge in [0.1, 0.15) is 0 Å². The van der Waals surface area contributed by atoms with E-state index in [1.165, 1.54) is 30.4 Å². The molecular weight excluding hydrogens is 272 g/mol. The average Bonchev–Trinajstić information content (AvgIpc) is 2.86. The van der Waals surface area contributed by atoms with Crippen LogP contribution in [0.25, 0.3) is 0 Å². The lowest BCUT2D eigenvalue weighted by molar-refractivity contribution is -0.120. The van der Waals surface area contributed by atoms with Crippen molar-refractivity contribution < 1.29 is 4.79 Å². The van der Waals surface area contributed by atoms with Gasteiger partial charge in [0, 0.05) is 13.1 Å². The van der Waals surface area contributed by atoms with Gasteiger partial charge in [0.2, 0.25) is 5.91 Å². The molecule has 0 fully saturated rings. The fraction of sp³-hybridized carbons (Fsp3) is 0.562. The van der Waals surface area contributed by atoms with Crippen molar-refractivity contribution in [3.05, 3.63) is 34.9 Å². The standard InChI is InChI=1S/C16H24N2O.ClH/c1-2-8-17-9-10-18-16(19)12-13-6-7-14-4-3-5-15(14)11-13;/h6-7,11,17H,2-5,8-10,12H2,1H3,(H,18,19);1H. The molecule has 0 spiro atoms. The largest absolute Gasteiger partial charge is 0.355 e. The van der Waals surface area contributed by atoms with Crippen LogP contribution in [-0.2, 0) is 24.1 Å². The summed E-state index contributed by atoms with van der Waals surface area (Å²) < 4.78 is 0. The fourth-order valence-electron chi connectivity index (χ4n) is 2.58. The molecule has 20 heavy (non-hydrogen) atoms. The maximum Gasteiger partial charge on any atom is 0.224 e. The summed E-state index contributed by atoms with van der Waals surface area (Å²) >= 11 is 0. The molecule has 1 amide bonds. The third-order valence-electron chi connectivity index (χ3n) is 3.58. The number of amides is 1. The number of fused-ring (bicyclic) bond motifs is 1. The van der Waals surface area contributed by atoms with Crippen molar-refractivity contribution in [2.75, 3.05) is 19.6 Å². The minimum Gasteiger partial charge on any atom is -0.355 e. The van der Waals surface area contributed by atoms with Crippen LogP contribution in [0, 0.1) is 0 Å². The smallest absolute Gasteiger partial charge is 0.224 e. The average molecular weight is 297 g/mol. The van der Waals surface area contributed by atoms with Crippen molar-refractivity contribution in [3.8, 4) is 0 Å². The molecule has 2 N–H and O–H groups in total. The number of benzene rings is 1. The van der Waals surface area contributed by atoms with E-state index in [-0.39, 0.29) is 18.3 Å². The van der Waals surface area contributed by atoms with E-state index in [1.807, 2.05) is 0 Å². The van der Waals surface area contributed by atoms with Gasteiger partial charge in [-0.25, -0.2) is 0 Å². The van der Waals surface area contributed by atoms with E-state index in [0.29, 0.717) is 13.0 Å². The van der Waals surface area contributed by atoms with E-state index >= 15 is 0 Å². The summed E-state index contributed by atoms with van der Waals surface area (Å²) in [6.45, 7) is 4.72. The molecule has 4 heteroatoms. The van der Waals surface area contributed by atoms with Gasteiger partial charge in [0.15, 0.2) is 0 Å². The molecule has 0 bridgehead atoms. The Bertz CT molecular complexity index is 434. The first-order valence-electron chi connectivity index (χ1n) is 7.37. The first-order chi connectivity index (χ1) is 9.29. The Morgan fingerprint density at radius 3 is 2.75 bits per heavy atom. The Balaban J connectivity index is 0.00000200. The summed E-state index contributed by atoms with van der Waals surface area (Å²) in [4.78, 5) is 11.8. The summed E-state index contributed by atoms with van der Waals surface area (Å²) in [5, 5.41) is 6.23. The van der Waals surface area contributed by atoms with Crippen molar-refractivity contribution >= 4 is 18.3 Å². The summed E-state index contributed by atoms with van der Waals surface area (Å²) in [5.74, 6) is 0.122. The van der Waals surface area contributed by atoms with Gasteiger partial charge in [-0.15, -0.1) is 12.4 Å². The number of rotatable bonds is 7. The Morgan fingerprint density at radius 1 is 1.15 bits per heavy atom. The number of hydrogen-bond donors (Lipinski definition) is 2. The van der Waals surface area contributed by atoms with Crippen molar-refractivity contribution in [3.63, 3.8) is 0 Å². The summed E-state index contributed by atoms with van der Waals surface area (Å²) in [6.07, 6.45) is 5.26. The normalized spacial score (nSPS) is 12.7. The van der Waals surface area contributed by atoms with E-state index in [9.17, 15) is 4.79 Å². The Morgan fingerprint density at radius 2 is 1.95 bits per heavy atom. The zero-order valence-corrected chi connectivity index (χ0v) is 13.0. The van der Waals surface area contributed by atoms with Crippen LogP contribution >= 0.6 is 12.4 Å². The van der Waals surface area contributed by atoms with E-state index in [2.05, 4.69) is 35.8 Å². The van der Waals surface area contributed by atoms with Crippen molar-refractivity contribution in [2.45, 2.75) is 39.0 Å². The monoisotopic (exact) mass is 296 g/mol. The molecule has 3 nitrogen and oxygen atoms in total. The highest BCUT2D eigenvalue weighted by Crippen LogP contribution is 2.22. The van der Waals surface area contributed by atoms with Gasteiger partial charge in [-0.1, -0.05) is 25.1 Å². The molecule has 0 aromatic heterocycles. The van der Waals surface area contributed by atoms with Gasteiger partial charge in [0.25, 0.3) is 0 Å². The first-order valence-corrected chi connectivity index (χ1v) is 7.37. The van der Waals surface area contributed by atoms with Crippen LogP contribution in [0.3, 0.4) is 0 Å². The predicted molar refractivity (Wildman–Crippen MR) is 85.6 cm³/mol. The van der Waals surface area contributed by atoms with E-state index in [1.54, 1.807) is 0 Å². The zero-order valence-electron chi connectivity index (χ0n) is 12.2. The maximum atomic E-state index is 11.8. The maximum absolute atomic E-state index is 11.8. The molecule has 1 aliphatic rings. The number of hydrogen-bond acceptors (Lipinski definition) is 2. The van der Waals surface area contributed by atoms with Crippen molar-refractivity contribution in [2.24, 2.45) is 0 Å². The molecule has 0 unspecified atom stereocenters. The molecule has 0 aliphatic heterocycles. The van der Waals surface area contributed by atoms with Gasteiger partial charge in [0.05, 0.1) is 6.42 Å². The van der Waals surface area contributed by atoms with Crippen LogP contribution in [0.1, 0.15) is 36.5 Å². The Hall–Kier alpha value is -1.06. The second-order valence-corrected chi connectivity index (χ2v) is 5.23. The first kappa shape index (κ1) is 17.0. The zero-order chi connectivity index (χ0) is 13.5. The summed E-state index contributed by atoms with van der Waals surface area (Å²) in [7, 11) is 0. The third-order valence-corrected chi connectivity index (χ3v) is 3.58. The van der Waals surface area contributed by atoms with Crippen LogP contribution in [0.15, 0.2) is 18.2 Å². The topological polar surface area (TPSA) is 41.1 Å². The third kappa shape index (κ3) is 5.14. The molecule has 0 heterocycles. The number of aryl methyl sites for hydroxylation is 2. The molecule has 0 atom stereocenters.